The van der Waals surface area contributed by atoms with Crippen LogP contribution in [-0.4, -0.2) is 9.97 Å². The Balaban J connectivity index is 0.000000200. The summed E-state index contributed by atoms with van der Waals surface area (Å²) in [7, 11) is 0. The number of hydrogen-bond donors (Lipinski definition) is 0. The van der Waals surface area contributed by atoms with Gasteiger partial charge in [-0.2, -0.15) is 9.79 Å². The quantitative estimate of drug-likeness (QED) is 0.185. The summed E-state index contributed by atoms with van der Waals surface area (Å²) >= 11 is 9.70. The van der Waals surface area contributed by atoms with Crippen molar-refractivity contribution in [1.29, 1.82) is 0 Å². The maximum absolute atomic E-state index is 4.85. The molecule has 134 valence electrons. The van der Waals surface area contributed by atoms with Crippen LogP contribution in [0.4, 0.5) is 0 Å². The summed E-state index contributed by atoms with van der Waals surface area (Å²) in [6.07, 6.45) is 3.67. The van der Waals surface area contributed by atoms with Crippen LogP contribution in [0.5, 0.6) is 0 Å². The van der Waals surface area contributed by atoms with Crippen molar-refractivity contribution in [3.05, 3.63) is 85.2 Å². The molecule has 0 saturated heterocycles. The molecule has 0 N–H and O–H groups in total. The predicted octanol–water partition coefficient (Wildman–Crippen LogP) is 5.43. The molecule has 3 aromatic carbocycles. The number of nitrogens with zero attached hydrogens (tertiary/aromatic N) is 2. The zero-order valence-corrected chi connectivity index (χ0v) is 18.0. The standard InChI is InChI=1S/C16H10N2.C6H6S2.Pt/c1-3-12-7-5-11-6-8-13-4-2-10-18-16(13)14(11)15(12)17-9-1;7-5-3-1-2-4-6(5)8;/h1-10H;1-4,7-8H;/q;;+2/p-2. The molecule has 0 radical (unpaired) electrons. The average Bonchev–Trinajstić information content (AvgIpc) is 2.70. The van der Waals surface area contributed by atoms with Gasteiger partial charge in [0, 0.05) is 28.6 Å². The number of benzene rings is 3. The Bertz CT molecular complexity index is 1130. The van der Waals surface area contributed by atoms with Crippen LogP contribution in [0.2, 0.25) is 0 Å². The van der Waals surface area contributed by atoms with E-state index in [0.29, 0.717) is 0 Å². The number of rotatable bonds is 0. The molecule has 0 unspecified atom stereocenters. The smallest absolute Gasteiger partial charge is 0.781 e. The molecule has 0 amide bonds. The Morgan fingerprint density at radius 3 is 1.41 bits per heavy atom. The summed E-state index contributed by atoms with van der Waals surface area (Å²) in [6, 6.07) is 24.0. The second-order valence-electron chi connectivity index (χ2n) is 5.83. The van der Waals surface area contributed by atoms with E-state index in [1.165, 1.54) is 5.39 Å². The van der Waals surface area contributed by atoms with Gasteiger partial charge in [-0.25, -0.2) is 0 Å². The predicted molar refractivity (Wildman–Crippen MR) is 112 cm³/mol. The molecule has 5 heteroatoms. The third kappa shape index (κ3) is 4.08. The van der Waals surface area contributed by atoms with Crippen LogP contribution >= 0.6 is 0 Å². The molecule has 5 rings (SSSR count). The average molecular weight is 566 g/mol. The second-order valence-corrected chi connectivity index (χ2v) is 6.71. The fourth-order valence-electron chi connectivity index (χ4n) is 2.94. The second kappa shape index (κ2) is 8.70. The SMILES string of the molecule is [Pt+2].[S-]c1ccccc1[S-].c1cnc2c(c1)ccc1ccc3cccnc3c12. The maximum Gasteiger partial charge on any atom is 2.00 e. The number of aromatic nitrogens is 2. The first kappa shape index (κ1) is 19.6. The summed E-state index contributed by atoms with van der Waals surface area (Å²) in [5.74, 6) is 0. The van der Waals surface area contributed by atoms with Crippen LogP contribution in [0.1, 0.15) is 0 Å². The Hall–Kier alpha value is -2.13. The fourth-order valence-corrected chi connectivity index (χ4v) is 3.23. The summed E-state index contributed by atoms with van der Waals surface area (Å²) < 4.78 is 0. The first-order chi connectivity index (χ1) is 12.7. The van der Waals surface area contributed by atoms with E-state index in [4.69, 9.17) is 25.3 Å². The Labute approximate surface area is 183 Å². The summed E-state index contributed by atoms with van der Waals surface area (Å²) in [6.45, 7) is 0. The molecule has 0 aliphatic rings. The van der Waals surface area contributed by atoms with Gasteiger partial charge in [0.2, 0.25) is 0 Å². The van der Waals surface area contributed by atoms with Crippen molar-refractivity contribution in [3.8, 4) is 0 Å². The summed E-state index contributed by atoms with van der Waals surface area (Å²) in [5, 5.41) is 4.64. The van der Waals surface area contributed by atoms with E-state index >= 15 is 0 Å². The first-order valence-electron chi connectivity index (χ1n) is 8.18. The number of pyridine rings is 2. The van der Waals surface area contributed by atoms with Crippen LogP contribution in [0.15, 0.2) is 95.0 Å². The van der Waals surface area contributed by atoms with Crippen molar-refractivity contribution < 1.29 is 21.1 Å². The van der Waals surface area contributed by atoms with E-state index in [1.807, 2.05) is 48.8 Å². The first-order valence-corrected chi connectivity index (χ1v) is 9.00. The van der Waals surface area contributed by atoms with E-state index in [9.17, 15) is 0 Å². The Kier molecular flexibility index (Phi) is 6.33. The van der Waals surface area contributed by atoms with Gasteiger partial charge in [0.05, 0.1) is 11.0 Å². The molecule has 0 atom stereocenters. The molecule has 5 aromatic rings. The molecule has 0 bridgehead atoms. The molecule has 0 saturated carbocycles. The van der Waals surface area contributed by atoms with Crippen LogP contribution in [-0.2, 0) is 46.3 Å². The molecular formula is C22H14N2PtS2. The van der Waals surface area contributed by atoms with Gasteiger partial charge in [-0.05, 0) is 17.5 Å². The minimum atomic E-state index is 0. The van der Waals surface area contributed by atoms with Crippen molar-refractivity contribution in [2.45, 2.75) is 9.79 Å². The van der Waals surface area contributed by atoms with Crippen LogP contribution in [0.3, 0.4) is 0 Å². The summed E-state index contributed by atoms with van der Waals surface area (Å²) in [4.78, 5) is 10.6. The van der Waals surface area contributed by atoms with E-state index in [2.05, 4.69) is 46.4 Å². The molecular weight excluding hydrogens is 551 g/mol. The van der Waals surface area contributed by atoms with Crippen molar-refractivity contribution in [2.75, 3.05) is 0 Å². The normalized spacial score (nSPS) is 10.2. The molecule has 27 heavy (non-hydrogen) atoms. The molecule has 2 heterocycles. The van der Waals surface area contributed by atoms with Crippen LogP contribution in [0.25, 0.3) is 32.6 Å². The number of fused-ring (bicyclic) bond motifs is 5. The van der Waals surface area contributed by atoms with E-state index in [1.54, 1.807) is 0 Å². The number of hydrogen-bond acceptors (Lipinski definition) is 4. The van der Waals surface area contributed by atoms with Crippen molar-refractivity contribution >= 4 is 57.8 Å². The van der Waals surface area contributed by atoms with Gasteiger partial charge in [-0.1, -0.05) is 60.7 Å². The van der Waals surface area contributed by atoms with E-state index in [-0.39, 0.29) is 21.1 Å². The van der Waals surface area contributed by atoms with Crippen LogP contribution in [0, 0.1) is 0 Å². The van der Waals surface area contributed by atoms with Gasteiger partial charge < -0.3 is 25.3 Å². The Morgan fingerprint density at radius 2 is 0.963 bits per heavy atom. The van der Waals surface area contributed by atoms with Gasteiger partial charge in [0.1, 0.15) is 0 Å². The largest absolute Gasteiger partial charge is 2.00 e. The third-order valence-corrected chi connectivity index (χ3v) is 5.02. The maximum atomic E-state index is 4.85. The topological polar surface area (TPSA) is 25.8 Å². The minimum Gasteiger partial charge on any atom is -0.781 e. The molecule has 0 fully saturated rings. The molecule has 2 aromatic heterocycles. The third-order valence-electron chi connectivity index (χ3n) is 4.17. The summed E-state index contributed by atoms with van der Waals surface area (Å²) in [5.41, 5.74) is 2.05. The fraction of sp³-hybridized carbons (Fsp3) is 0. The van der Waals surface area contributed by atoms with Gasteiger partial charge in [0.25, 0.3) is 0 Å². The van der Waals surface area contributed by atoms with Gasteiger partial charge in [-0.15, -0.1) is 0 Å². The van der Waals surface area contributed by atoms with Crippen molar-refractivity contribution in [3.63, 3.8) is 0 Å². The molecule has 2 nitrogen and oxygen atoms in total. The van der Waals surface area contributed by atoms with Gasteiger partial charge >= 0.3 is 21.1 Å². The van der Waals surface area contributed by atoms with E-state index < -0.39 is 0 Å². The zero-order chi connectivity index (χ0) is 17.9. The van der Waals surface area contributed by atoms with Crippen molar-refractivity contribution in [2.24, 2.45) is 0 Å². The molecule has 0 spiro atoms. The zero-order valence-electron chi connectivity index (χ0n) is 14.1. The minimum absolute atomic E-state index is 0. The molecule has 0 aliphatic heterocycles. The van der Waals surface area contributed by atoms with Gasteiger partial charge in [0.15, 0.2) is 0 Å². The van der Waals surface area contributed by atoms with Gasteiger partial charge in [-0.3, -0.25) is 9.97 Å². The van der Waals surface area contributed by atoms with E-state index in [0.717, 1.165) is 37.0 Å². The molecule has 0 aliphatic carbocycles. The Morgan fingerprint density at radius 1 is 0.519 bits per heavy atom. The van der Waals surface area contributed by atoms with Crippen LogP contribution < -0.4 is 0 Å². The van der Waals surface area contributed by atoms with Crippen molar-refractivity contribution in [1.82, 2.24) is 9.97 Å². The monoisotopic (exact) mass is 565 g/mol.